The lowest BCUT2D eigenvalue weighted by Gasteiger charge is -2.24. The van der Waals surface area contributed by atoms with Crippen molar-refractivity contribution in [2.45, 2.75) is 77.6 Å². The molecule has 3 rings (SSSR count). The van der Waals surface area contributed by atoms with Gasteiger partial charge in [-0.3, -0.25) is 0 Å². The van der Waals surface area contributed by atoms with Gasteiger partial charge in [-0.2, -0.15) is 0 Å². The smallest absolute Gasteiger partial charge is 0.159 e. The second kappa shape index (κ2) is 10.2. The van der Waals surface area contributed by atoms with E-state index in [4.69, 9.17) is 4.98 Å². The highest BCUT2D eigenvalue weighted by molar-refractivity contribution is 9.10. The van der Waals surface area contributed by atoms with E-state index in [1.165, 1.54) is 75.5 Å². The summed E-state index contributed by atoms with van der Waals surface area (Å²) >= 11 is 3.49. The van der Waals surface area contributed by atoms with Crippen LogP contribution in [0.5, 0.6) is 0 Å². The fourth-order valence-corrected chi connectivity index (χ4v) is 4.22. The molecule has 0 amide bonds. The zero-order valence-electron chi connectivity index (χ0n) is 16.0. The lowest BCUT2D eigenvalue weighted by molar-refractivity contribution is 0.399. The Morgan fingerprint density at radius 3 is 2.50 bits per heavy atom. The molecular formula is C23H31BrN2. The molecule has 140 valence electrons. The number of benzene rings is 1. The number of aromatic nitrogens is 2. The van der Waals surface area contributed by atoms with Crippen LogP contribution >= 0.6 is 15.9 Å². The molecule has 1 heterocycles. The van der Waals surface area contributed by atoms with Crippen molar-refractivity contribution in [3.63, 3.8) is 0 Å². The molecule has 1 unspecified atom stereocenters. The van der Waals surface area contributed by atoms with Crippen molar-refractivity contribution in [2.75, 3.05) is 0 Å². The summed E-state index contributed by atoms with van der Waals surface area (Å²) in [4.78, 5) is 9.50. The summed E-state index contributed by atoms with van der Waals surface area (Å²) in [6.07, 6.45) is 16.8. The van der Waals surface area contributed by atoms with Crippen molar-refractivity contribution in [3.05, 3.63) is 46.2 Å². The molecule has 3 heteroatoms. The first-order valence-corrected chi connectivity index (χ1v) is 11.2. The average molecular weight is 415 g/mol. The lowest BCUT2D eigenvalue weighted by atomic mass is 9.84. The highest BCUT2D eigenvalue weighted by Gasteiger charge is 2.20. The number of unbranched alkanes of at least 4 members (excludes halogenated alkanes) is 6. The van der Waals surface area contributed by atoms with E-state index < -0.39 is 0 Å². The Bertz CT molecular complexity index is 681. The maximum absolute atomic E-state index is 4.86. The SMILES string of the molecule is CCCCCCCCCC1CCc2nc(-c3ccc(Br)cc3)ncc2C1. The van der Waals surface area contributed by atoms with E-state index >= 15 is 0 Å². The predicted octanol–water partition coefficient (Wildman–Crippen LogP) is 7.15. The minimum Gasteiger partial charge on any atom is -0.236 e. The van der Waals surface area contributed by atoms with Gasteiger partial charge in [0.05, 0.1) is 0 Å². The number of hydrogen-bond donors (Lipinski definition) is 0. The number of halogens is 1. The zero-order chi connectivity index (χ0) is 18.2. The molecule has 0 bridgehead atoms. The Morgan fingerprint density at radius 1 is 1.00 bits per heavy atom. The first-order chi connectivity index (χ1) is 12.8. The molecule has 0 fully saturated rings. The second-order valence-electron chi connectivity index (χ2n) is 7.69. The van der Waals surface area contributed by atoms with Crippen LogP contribution in [0.25, 0.3) is 11.4 Å². The third-order valence-electron chi connectivity index (χ3n) is 5.57. The largest absolute Gasteiger partial charge is 0.236 e. The van der Waals surface area contributed by atoms with E-state index in [1.54, 1.807) is 0 Å². The second-order valence-corrected chi connectivity index (χ2v) is 8.61. The van der Waals surface area contributed by atoms with Gasteiger partial charge in [0, 0.05) is 21.9 Å². The van der Waals surface area contributed by atoms with Gasteiger partial charge >= 0.3 is 0 Å². The summed E-state index contributed by atoms with van der Waals surface area (Å²) in [6, 6.07) is 8.27. The van der Waals surface area contributed by atoms with Crippen LogP contribution in [-0.2, 0) is 12.8 Å². The summed E-state index contributed by atoms with van der Waals surface area (Å²) < 4.78 is 1.09. The molecule has 1 atom stereocenters. The van der Waals surface area contributed by atoms with Crippen LogP contribution in [0.2, 0.25) is 0 Å². The molecule has 0 aliphatic heterocycles. The summed E-state index contributed by atoms with van der Waals surface area (Å²) in [7, 11) is 0. The van der Waals surface area contributed by atoms with E-state index in [0.717, 1.165) is 28.2 Å². The molecule has 0 saturated heterocycles. The van der Waals surface area contributed by atoms with Gasteiger partial charge in [-0.05, 0) is 42.9 Å². The van der Waals surface area contributed by atoms with E-state index in [1.807, 2.05) is 0 Å². The lowest BCUT2D eigenvalue weighted by Crippen LogP contribution is -2.16. The molecule has 1 aromatic carbocycles. The van der Waals surface area contributed by atoms with Gasteiger partial charge < -0.3 is 0 Å². The first-order valence-electron chi connectivity index (χ1n) is 10.4. The summed E-state index contributed by atoms with van der Waals surface area (Å²) in [5, 5.41) is 0. The highest BCUT2D eigenvalue weighted by Crippen LogP contribution is 2.29. The minimum atomic E-state index is 0.834. The van der Waals surface area contributed by atoms with Crippen LogP contribution in [-0.4, -0.2) is 9.97 Å². The molecule has 26 heavy (non-hydrogen) atoms. The van der Waals surface area contributed by atoms with E-state index in [2.05, 4.69) is 58.3 Å². The van der Waals surface area contributed by atoms with E-state index in [9.17, 15) is 0 Å². The van der Waals surface area contributed by atoms with Crippen LogP contribution < -0.4 is 0 Å². The summed E-state index contributed by atoms with van der Waals surface area (Å²) in [5.74, 6) is 1.70. The summed E-state index contributed by atoms with van der Waals surface area (Å²) in [5.41, 5.74) is 3.75. The Labute approximate surface area is 167 Å². The van der Waals surface area contributed by atoms with E-state index in [-0.39, 0.29) is 0 Å². The van der Waals surface area contributed by atoms with Gasteiger partial charge in [0.15, 0.2) is 5.82 Å². The minimum absolute atomic E-state index is 0.834. The standard InChI is InChI=1S/C23H31BrN2/c1-2-3-4-5-6-7-8-9-18-10-15-22-20(16-18)17-25-23(26-22)19-11-13-21(24)14-12-19/h11-14,17-18H,2-10,15-16H2,1H3. The van der Waals surface area contributed by atoms with Gasteiger partial charge in [0.1, 0.15) is 0 Å². The van der Waals surface area contributed by atoms with Crippen LogP contribution in [0.1, 0.15) is 76.0 Å². The average Bonchev–Trinajstić information content (AvgIpc) is 2.67. The van der Waals surface area contributed by atoms with Crippen molar-refractivity contribution < 1.29 is 0 Å². The van der Waals surface area contributed by atoms with Crippen molar-refractivity contribution in [2.24, 2.45) is 5.92 Å². The molecule has 0 spiro atoms. The third kappa shape index (κ3) is 5.64. The van der Waals surface area contributed by atoms with Crippen molar-refractivity contribution in [3.8, 4) is 11.4 Å². The van der Waals surface area contributed by atoms with Crippen molar-refractivity contribution in [1.29, 1.82) is 0 Å². The van der Waals surface area contributed by atoms with Crippen molar-refractivity contribution in [1.82, 2.24) is 9.97 Å². The first kappa shape index (κ1) is 19.5. The van der Waals surface area contributed by atoms with Crippen LogP contribution in [0.15, 0.2) is 34.9 Å². The van der Waals surface area contributed by atoms with Gasteiger partial charge in [-0.25, -0.2) is 9.97 Å². The maximum Gasteiger partial charge on any atom is 0.159 e. The molecule has 1 aromatic heterocycles. The van der Waals surface area contributed by atoms with Gasteiger partial charge in [0.25, 0.3) is 0 Å². The van der Waals surface area contributed by atoms with Gasteiger partial charge in [0.2, 0.25) is 0 Å². The topological polar surface area (TPSA) is 25.8 Å². The number of nitrogens with zero attached hydrogens (tertiary/aromatic N) is 2. The number of hydrogen-bond acceptors (Lipinski definition) is 2. The fraction of sp³-hybridized carbons (Fsp3) is 0.565. The number of rotatable bonds is 9. The zero-order valence-corrected chi connectivity index (χ0v) is 17.6. The molecule has 2 nitrogen and oxygen atoms in total. The Kier molecular flexibility index (Phi) is 7.67. The Hall–Kier alpha value is -1.22. The Morgan fingerprint density at radius 2 is 1.73 bits per heavy atom. The molecule has 2 aromatic rings. The summed E-state index contributed by atoms with van der Waals surface area (Å²) in [6.45, 7) is 2.28. The molecule has 0 radical (unpaired) electrons. The molecule has 0 saturated carbocycles. The van der Waals surface area contributed by atoms with Crippen LogP contribution in [0, 0.1) is 5.92 Å². The predicted molar refractivity (Wildman–Crippen MR) is 113 cm³/mol. The monoisotopic (exact) mass is 414 g/mol. The maximum atomic E-state index is 4.86. The molecular weight excluding hydrogens is 384 g/mol. The fourth-order valence-electron chi connectivity index (χ4n) is 3.96. The molecule has 1 aliphatic carbocycles. The molecule has 1 aliphatic rings. The van der Waals surface area contributed by atoms with E-state index in [0.29, 0.717) is 0 Å². The third-order valence-corrected chi connectivity index (χ3v) is 6.10. The van der Waals surface area contributed by atoms with Crippen LogP contribution in [0.4, 0.5) is 0 Å². The van der Waals surface area contributed by atoms with Gasteiger partial charge in [-0.15, -0.1) is 0 Å². The number of aryl methyl sites for hydroxylation is 1. The Balaban J connectivity index is 1.48. The normalized spacial score (nSPS) is 16.5. The number of fused-ring (bicyclic) bond motifs is 1. The quantitative estimate of drug-likeness (QED) is 0.406. The van der Waals surface area contributed by atoms with Crippen LogP contribution in [0.3, 0.4) is 0 Å². The molecule has 0 N–H and O–H groups in total. The van der Waals surface area contributed by atoms with Gasteiger partial charge in [-0.1, -0.05) is 86.4 Å². The van der Waals surface area contributed by atoms with Crippen molar-refractivity contribution >= 4 is 15.9 Å². The highest BCUT2D eigenvalue weighted by atomic mass is 79.9.